The molecule has 4 N–H and O–H groups in total. The van der Waals surface area contributed by atoms with E-state index in [1.807, 2.05) is 36.4 Å². The summed E-state index contributed by atoms with van der Waals surface area (Å²) < 4.78 is 17.8. The summed E-state index contributed by atoms with van der Waals surface area (Å²) >= 11 is 0. The predicted octanol–water partition coefficient (Wildman–Crippen LogP) is 5.92. The number of amides is 4. The van der Waals surface area contributed by atoms with Gasteiger partial charge in [0.05, 0.1) is 26.4 Å². The van der Waals surface area contributed by atoms with Crippen LogP contribution in [0.5, 0.6) is 0 Å². The van der Waals surface area contributed by atoms with Gasteiger partial charge in [0.1, 0.15) is 10.1 Å². The van der Waals surface area contributed by atoms with E-state index < -0.39 is 16.6 Å². The molecule has 0 unspecified atom stereocenters. The Morgan fingerprint density at radius 3 is 1.36 bits per heavy atom. The number of aromatic nitrogens is 2. The predicted molar refractivity (Wildman–Crippen MR) is 232 cm³/mol. The molecule has 2 aromatic rings. The van der Waals surface area contributed by atoms with Crippen LogP contribution in [0.3, 0.4) is 0 Å². The third kappa shape index (κ3) is 28.0. The van der Waals surface area contributed by atoms with Crippen LogP contribution in [0.1, 0.15) is 38.5 Å². The van der Waals surface area contributed by atoms with Gasteiger partial charge in [-0.15, -0.1) is 0 Å². The Labute approximate surface area is 345 Å². The highest BCUT2D eigenvalue weighted by Gasteiger charge is 2.32. The van der Waals surface area contributed by atoms with E-state index in [4.69, 9.17) is 13.6 Å². The summed E-state index contributed by atoms with van der Waals surface area (Å²) in [6, 6.07) is 13.4. The molecule has 0 atom stereocenters. The molecule has 0 aliphatic carbocycles. The van der Waals surface area contributed by atoms with Crippen LogP contribution in [0, 0.1) is 0 Å². The van der Waals surface area contributed by atoms with Crippen LogP contribution in [0.25, 0.3) is 0 Å². The molecule has 0 aliphatic heterocycles. The minimum atomic E-state index is -1.92. The summed E-state index contributed by atoms with van der Waals surface area (Å²) in [5.41, 5.74) is 0. The van der Waals surface area contributed by atoms with Crippen molar-refractivity contribution in [2.75, 3.05) is 64.1 Å². The number of carbonyl (C=O) groups excluding carboxylic acids is 4. The zero-order valence-corrected chi connectivity index (χ0v) is 38.0. The molecule has 2 rings (SSSR count). The molecule has 4 amide bonds. The molecule has 0 aliphatic rings. The topological polar surface area (TPSA) is 170 Å². The van der Waals surface area contributed by atoms with E-state index in [0.717, 1.165) is 35.0 Å². The largest absolute Gasteiger partial charge is 0.455 e. The smallest absolute Gasteiger partial charge is 0.222 e. The van der Waals surface area contributed by atoms with Gasteiger partial charge in [-0.05, 0) is 97.0 Å². The van der Waals surface area contributed by atoms with Gasteiger partial charge in [0.25, 0.3) is 0 Å². The second-order valence-corrected chi connectivity index (χ2v) is 27.3. The molecular weight excluding hydrogens is 813 g/mol. The first-order valence-electron chi connectivity index (χ1n) is 18.8. The maximum atomic E-state index is 12.2. The Morgan fingerprint density at radius 2 is 0.964 bits per heavy atom. The van der Waals surface area contributed by atoms with Crippen LogP contribution in [0.2, 0.25) is 38.3 Å². The summed E-state index contributed by atoms with van der Waals surface area (Å²) in [5.74, 6) is 1.26. The van der Waals surface area contributed by atoms with Gasteiger partial charge in [0, 0.05) is 75.8 Å². The van der Waals surface area contributed by atoms with E-state index in [-0.39, 0.29) is 36.5 Å². The number of pyridine rings is 2. The molecule has 0 radical (unpaired) electrons. The Morgan fingerprint density at radius 1 is 0.564 bits per heavy atom. The van der Waals surface area contributed by atoms with Crippen molar-refractivity contribution >= 4 is 83.4 Å². The summed E-state index contributed by atoms with van der Waals surface area (Å²) in [4.78, 5) is 56.9. The fourth-order valence-corrected chi connectivity index (χ4v) is 17.6. The Balaban J connectivity index is 1.38. The molecule has 308 valence electrons. The average Bonchev–Trinajstić information content (AvgIpc) is 3.15. The van der Waals surface area contributed by atoms with Crippen molar-refractivity contribution < 1.29 is 32.8 Å². The molecule has 0 spiro atoms. The van der Waals surface area contributed by atoms with Gasteiger partial charge in [-0.1, -0.05) is 33.7 Å². The molecule has 0 bridgehead atoms. The molecule has 13 nitrogen and oxygen atoms in total. The number of rotatable bonds is 32. The van der Waals surface area contributed by atoms with Gasteiger partial charge in [-0.25, -0.2) is 9.97 Å². The summed E-state index contributed by atoms with van der Waals surface area (Å²) in [6.45, 7) is 12.3. The molecule has 55 heavy (non-hydrogen) atoms. The van der Waals surface area contributed by atoms with Crippen molar-refractivity contribution in [1.29, 1.82) is 0 Å². The van der Waals surface area contributed by atoms with E-state index in [0.29, 0.717) is 77.0 Å². The van der Waals surface area contributed by atoms with Crippen molar-refractivity contribution in [2.45, 2.75) is 86.9 Å². The Bertz CT molecular complexity index is 1270. The van der Waals surface area contributed by atoms with Gasteiger partial charge in [0.2, 0.25) is 23.6 Å². The second kappa shape index (κ2) is 30.0. The van der Waals surface area contributed by atoms with Crippen molar-refractivity contribution in [3.63, 3.8) is 0 Å². The maximum absolute atomic E-state index is 12.2. The van der Waals surface area contributed by atoms with Crippen LogP contribution in [-0.2, 0) is 32.8 Å². The van der Waals surface area contributed by atoms with Crippen LogP contribution in [-0.4, -0.2) is 114 Å². The first-order chi connectivity index (χ1) is 26.4. The number of ether oxygens (including phenoxy) is 2. The highest BCUT2D eigenvalue weighted by Crippen LogP contribution is 2.30. The summed E-state index contributed by atoms with van der Waals surface area (Å²) in [6.07, 6.45) is 6.63. The standard InChI is InChI=1S/C36H60N6O7S4Si2/c1-54(2,29-9-19-37-31(43)13-23-47-25-21-39-33(45)15-27-50-52-35-11-5-7-17-41-35)49-55(3,4)30-10-20-38-32(44)14-24-48-26-22-40-34(46)16-28-51-53-36-12-6-8-18-42-36/h5-8,11-12,17-18H,9-10,13-16,19-30H2,1-4H3,(H,37,43)(H,38,44)(H,39,45)(H,40,46). The van der Waals surface area contributed by atoms with E-state index in [1.165, 1.54) is 0 Å². The fourth-order valence-electron chi connectivity index (χ4n) is 5.01. The lowest BCUT2D eigenvalue weighted by molar-refractivity contribution is -0.123. The quantitative estimate of drug-likeness (QED) is 0.0389. The third-order valence-corrected chi connectivity index (χ3v) is 19.7. The lowest BCUT2D eigenvalue weighted by atomic mass is 10.4. The molecule has 0 saturated carbocycles. The molecular formula is C36H60N6O7S4Si2. The van der Waals surface area contributed by atoms with Crippen LogP contribution in [0.15, 0.2) is 58.8 Å². The fraction of sp³-hybridized carbons (Fsp3) is 0.611. The SMILES string of the molecule is C[Si](C)(CCCNC(=O)CCOCCNC(=O)CCSSc1ccccn1)O[Si](C)(C)CCCNC(=O)CCOCCNC(=O)CCSSc1ccccn1. The van der Waals surface area contributed by atoms with Crippen molar-refractivity contribution in [3.05, 3.63) is 48.8 Å². The first kappa shape index (κ1) is 49.0. The molecule has 0 aromatic carbocycles. The average molecular weight is 873 g/mol. The normalized spacial score (nSPS) is 11.6. The zero-order chi connectivity index (χ0) is 40.0. The zero-order valence-electron chi connectivity index (χ0n) is 32.7. The van der Waals surface area contributed by atoms with Crippen molar-refractivity contribution in [3.8, 4) is 0 Å². The Kier molecular flexibility index (Phi) is 26.8. The lowest BCUT2D eigenvalue weighted by Gasteiger charge is -2.34. The number of hydrogen-bond acceptors (Lipinski definition) is 13. The van der Waals surface area contributed by atoms with E-state index in [2.05, 4.69) is 57.4 Å². The van der Waals surface area contributed by atoms with Gasteiger partial charge >= 0.3 is 0 Å². The first-order valence-corrected chi connectivity index (χ1v) is 29.6. The van der Waals surface area contributed by atoms with Gasteiger partial charge in [0.15, 0.2) is 16.6 Å². The third-order valence-electron chi connectivity index (χ3n) is 7.58. The van der Waals surface area contributed by atoms with Crippen LogP contribution in [0.4, 0.5) is 0 Å². The number of nitrogens with one attached hydrogen (secondary N) is 4. The minimum absolute atomic E-state index is 0.0192. The number of hydrogen-bond donors (Lipinski definition) is 4. The van der Waals surface area contributed by atoms with Crippen LogP contribution < -0.4 is 21.3 Å². The van der Waals surface area contributed by atoms with Crippen LogP contribution >= 0.6 is 43.2 Å². The Hall–Kier alpha value is -2.11. The highest BCUT2D eigenvalue weighted by molar-refractivity contribution is 8.77. The van der Waals surface area contributed by atoms with Crippen molar-refractivity contribution in [2.24, 2.45) is 0 Å². The molecule has 19 heteroatoms. The monoisotopic (exact) mass is 872 g/mol. The molecule has 0 fully saturated rings. The number of nitrogens with zero attached hydrogens (tertiary/aromatic N) is 2. The second-order valence-electron chi connectivity index (χ2n) is 13.6. The van der Waals surface area contributed by atoms with Gasteiger partial charge < -0.3 is 34.9 Å². The summed E-state index contributed by atoms with van der Waals surface area (Å²) in [5, 5.41) is 13.5. The maximum Gasteiger partial charge on any atom is 0.222 e. The molecule has 2 aromatic heterocycles. The van der Waals surface area contributed by atoms with E-state index in [9.17, 15) is 19.2 Å². The highest BCUT2D eigenvalue weighted by atomic mass is 33.1. The van der Waals surface area contributed by atoms with E-state index >= 15 is 0 Å². The van der Waals surface area contributed by atoms with E-state index in [1.54, 1.807) is 55.6 Å². The van der Waals surface area contributed by atoms with Crippen molar-refractivity contribution in [1.82, 2.24) is 31.2 Å². The minimum Gasteiger partial charge on any atom is -0.455 e. The molecule has 0 saturated heterocycles. The summed E-state index contributed by atoms with van der Waals surface area (Å²) in [7, 11) is 2.48. The lowest BCUT2D eigenvalue weighted by Crippen LogP contribution is -2.45. The number of carbonyl (C=O) groups is 4. The van der Waals surface area contributed by atoms with Gasteiger partial charge in [-0.2, -0.15) is 0 Å². The molecule has 2 heterocycles. The van der Waals surface area contributed by atoms with Gasteiger partial charge in [-0.3, -0.25) is 19.2 Å².